The van der Waals surface area contributed by atoms with Crippen LogP contribution in [0.15, 0.2) is 36.4 Å². The molecule has 2 rings (SSSR count). The van der Waals surface area contributed by atoms with Gasteiger partial charge in [0.15, 0.2) is 0 Å². The molecule has 0 radical (unpaired) electrons. The van der Waals surface area contributed by atoms with E-state index in [0.717, 1.165) is 31.6 Å². The van der Waals surface area contributed by atoms with Crippen molar-refractivity contribution < 1.29 is 4.74 Å². The minimum Gasteiger partial charge on any atom is -0.493 e. The summed E-state index contributed by atoms with van der Waals surface area (Å²) in [4.78, 5) is 0. The van der Waals surface area contributed by atoms with Crippen molar-refractivity contribution in [1.29, 1.82) is 0 Å². The summed E-state index contributed by atoms with van der Waals surface area (Å²) in [5.74, 6) is 1.06. The van der Waals surface area contributed by atoms with Crippen LogP contribution in [0.4, 0.5) is 0 Å². The molecule has 0 N–H and O–H groups in total. The van der Waals surface area contributed by atoms with Crippen LogP contribution in [0.1, 0.15) is 86.6 Å². The van der Waals surface area contributed by atoms with Gasteiger partial charge >= 0.3 is 0 Å². The Labute approximate surface area is 173 Å². The molecule has 0 heterocycles. The van der Waals surface area contributed by atoms with E-state index in [4.69, 9.17) is 4.74 Å². The Morgan fingerprint density at radius 2 is 1.25 bits per heavy atom. The van der Waals surface area contributed by atoms with Crippen LogP contribution in [0.25, 0.3) is 0 Å². The lowest BCUT2D eigenvalue weighted by Gasteiger charge is -2.15. The molecule has 0 aliphatic heterocycles. The van der Waals surface area contributed by atoms with Gasteiger partial charge < -0.3 is 4.74 Å². The number of ether oxygens (including phenoxy) is 1. The van der Waals surface area contributed by atoms with Gasteiger partial charge in [0.25, 0.3) is 0 Å². The van der Waals surface area contributed by atoms with E-state index < -0.39 is 0 Å². The Morgan fingerprint density at radius 1 is 0.607 bits per heavy atom. The highest BCUT2D eigenvalue weighted by Crippen LogP contribution is 2.25. The molecule has 0 saturated heterocycles. The van der Waals surface area contributed by atoms with Crippen LogP contribution in [0.2, 0.25) is 0 Å². The Balaban J connectivity index is 1.86. The molecular formula is C27H40O. The largest absolute Gasteiger partial charge is 0.493 e. The molecule has 1 nitrogen and oxygen atoms in total. The first-order valence-corrected chi connectivity index (χ1v) is 11.4. The summed E-state index contributed by atoms with van der Waals surface area (Å²) >= 11 is 0. The molecule has 2 aromatic rings. The molecule has 28 heavy (non-hydrogen) atoms. The average Bonchev–Trinajstić information content (AvgIpc) is 2.71. The van der Waals surface area contributed by atoms with Gasteiger partial charge in [-0.25, -0.2) is 0 Å². The molecule has 2 aromatic carbocycles. The van der Waals surface area contributed by atoms with Crippen molar-refractivity contribution in [3.8, 4) is 5.75 Å². The highest BCUT2D eigenvalue weighted by Gasteiger charge is 2.08. The maximum atomic E-state index is 6.04. The molecule has 0 aromatic heterocycles. The second kappa shape index (κ2) is 12.6. The van der Waals surface area contributed by atoms with E-state index in [0.29, 0.717) is 0 Å². The molecule has 0 spiro atoms. The molecule has 1 heteroatoms. The second-order valence-electron chi connectivity index (χ2n) is 8.16. The molecule has 0 unspecified atom stereocenters. The van der Waals surface area contributed by atoms with Crippen molar-refractivity contribution in [2.24, 2.45) is 0 Å². The van der Waals surface area contributed by atoms with Crippen molar-refractivity contribution in [2.45, 2.75) is 91.9 Å². The maximum Gasteiger partial charge on any atom is 0.122 e. The summed E-state index contributed by atoms with van der Waals surface area (Å²) in [5.41, 5.74) is 7.06. The molecule has 154 valence electrons. The third-order valence-electron chi connectivity index (χ3n) is 5.88. The Morgan fingerprint density at radius 3 is 1.93 bits per heavy atom. The first-order valence-electron chi connectivity index (χ1n) is 11.4. The summed E-state index contributed by atoms with van der Waals surface area (Å²) < 4.78 is 6.04. The van der Waals surface area contributed by atoms with E-state index in [1.807, 2.05) is 0 Å². The number of rotatable bonds is 13. The zero-order valence-electron chi connectivity index (χ0n) is 18.7. The van der Waals surface area contributed by atoms with Gasteiger partial charge in [0.05, 0.1) is 6.61 Å². The SMILES string of the molecule is CCCCCCOc1ccc(CCc2ccc(CCCCC)cc2)c(C)c1C. The predicted molar refractivity (Wildman–Crippen MR) is 123 cm³/mol. The molecular weight excluding hydrogens is 340 g/mol. The zero-order chi connectivity index (χ0) is 20.2. The minimum atomic E-state index is 0.838. The monoisotopic (exact) mass is 380 g/mol. The van der Waals surface area contributed by atoms with Gasteiger partial charge in [0.2, 0.25) is 0 Å². The quantitative estimate of drug-likeness (QED) is 0.322. The fourth-order valence-corrected chi connectivity index (χ4v) is 3.72. The molecule has 0 aliphatic carbocycles. The molecule has 0 aliphatic rings. The number of hydrogen-bond donors (Lipinski definition) is 0. The van der Waals surface area contributed by atoms with Crippen LogP contribution in [0.3, 0.4) is 0 Å². The second-order valence-corrected chi connectivity index (χ2v) is 8.16. The fraction of sp³-hybridized carbons (Fsp3) is 0.556. The summed E-state index contributed by atoms with van der Waals surface area (Å²) in [6, 6.07) is 13.7. The summed E-state index contributed by atoms with van der Waals surface area (Å²) in [5, 5.41) is 0. The first-order chi connectivity index (χ1) is 13.7. The number of hydrogen-bond acceptors (Lipinski definition) is 1. The van der Waals surface area contributed by atoms with Crippen molar-refractivity contribution in [3.05, 3.63) is 64.2 Å². The van der Waals surface area contributed by atoms with E-state index in [1.165, 1.54) is 72.8 Å². The van der Waals surface area contributed by atoms with Crippen LogP contribution in [0, 0.1) is 13.8 Å². The fourth-order valence-electron chi connectivity index (χ4n) is 3.72. The van der Waals surface area contributed by atoms with Crippen molar-refractivity contribution >= 4 is 0 Å². The standard InChI is InChI=1S/C27H40O/c1-5-7-9-11-21-28-27-20-19-26(22(3)23(27)4)18-17-25-15-13-24(14-16-25)12-10-8-6-2/h13-16,19-20H,5-12,17-18,21H2,1-4H3. The van der Waals surface area contributed by atoms with Crippen LogP contribution >= 0.6 is 0 Å². The van der Waals surface area contributed by atoms with Gasteiger partial charge in [-0.3, -0.25) is 0 Å². The minimum absolute atomic E-state index is 0.838. The highest BCUT2D eigenvalue weighted by atomic mass is 16.5. The third kappa shape index (κ3) is 7.34. The van der Waals surface area contributed by atoms with Gasteiger partial charge in [0, 0.05) is 0 Å². The normalized spacial score (nSPS) is 11.0. The molecule has 0 bridgehead atoms. The van der Waals surface area contributed by atoms with Crippen LogP contribution in [-0.4, -0.2) is 6.61 Å². The van der Waals surface area contributed by atoms with Crippen LogP contribution in [0.5, 0.6) is 5.75 Å². The summed E-state index contributed by atoms with van der Waals surface area (Å²) in [6.07, 6.45) is 12.3. The van der Waals surface area contributed by atoms with Gasteiger partial charge in [-0.2, -0.15) is 0 Å². The van der Waals surface area contributed by atoms with Crippen molar-refractivity contribution in [3.63, 3.8) is 0 Å². The summed E-state index contributed by atoms with van der Waals surface area (Å²) in [6.45, 7) is 9.79. The van der Waals surface area contributed by atoms with Crippen molar-refractivity contribution in [2.75, 3.05) is 6.61 Å². The number of aryl methyl sites for hydroxylation is 3. The van der Waals surface area contributed by atoms with E-state index in [-0.39, 0.29) is 0 Å². The van der Waals surface area contributed by atoms with E-state index in [2.05, 4.69) is 64.1 Å². The molecule has 0 fully saturated rings. The van der Waals surface area contributed by atoms with Gasteiger partial charge in [-0.15, -0.1) is 0 Å². The maximum absolute atomic E-state index is 6.04. The van der Waals surface area contributed by atoms with Crippen LogP contribution < -0.4 is 4.74 Å². The highest BCUT2D eigenvalue weighted by molar-refractivity contribution is 5.44. The van der Waals surface area contributed by atoms with Gasteiger partial charge in [-0.05, 0) is 79.8 Å². The lowest BCUT2D eigenvalue weighted by Crippen LogP contribution is -2.02. The number of benzene rings is 2. The van der Waals surface area contributed by atoms with E-state index >= 15 is 0 Å². The zero-order valence-corrected chi connectivity index (χ0v) is 18.7. The Kier molecular flexibility index (Phi) is 10.2. The predicted octanol–water partition coefficient (Wildman–Crippen LogP) is 7.78. The third-order valence-corrected chi connectivity index (χ3v) is 5.88. The van der Waals surface area contributed by atoms with Gasteiger partial charge in [-0.1, -0.05) is 76.3 Å². The lowest BCUT2D eigenvalue weighted by atomic mass is 9.96. The summed E-state index contributed by atoms with van der Waals surface area (Å²) in [7, 11) is 0. The topological polar surface area (TPSA) is 9.23 Å². The molecule has 0 amide bonds. The first kappa shape index (κ1) is 22.5. The van der Waals surface area contributed by atoms with Crippen LogP contribution in [-0.2, 0) is 19.3 Å². The Hall–Kier alpha value is -1.76. The molecule has 0 saturated carbocycles. The lowest BCUT2D eigenvalue weighted by molar-refractivity contribution is 0.303. The number of unbranched alkanes of at least 4 members (excludes halogenated alkanes) is 5. The van der Waals surface area contributed by atoms with E-state index in [1.54, 1.807) is 0 Å². The smallest absolute Gasteiger partial charge is 0.122 e. The van der Waals surface area contributed by atoms with E-state index in [9.17, 15) is 0 Å². The molecule has 0 atom stereocenters. The Bertz CT molecular complexity index is 684. The van der Waals surface area contributed by atoms with Crippen molar-refractivity contribution in [1.82, 2.24) is 0 Å². The van der Waals surface area contributed by atoms with Gasteiger partial charge in [0.1, 0.15) is 5.75 Å². The average molecular weight is 381 g/mol.